The van der Waals surface area contributed by atoms with Crippen LogP contribution in [0.5, 0.6) is 0 Å². The molecule has 2 rings (SSSR count). The van der Waals surface area contributed by atoms with Crippen molar-refractivity contribution in [3.63, 3.8) is 0 Å². The lowest BCUT2D eigenvalue weighted by Gasteiger charge is -2.26. The number of thioether (sulfide) groups is 1. The standard InChI is InChI=1S/C14H27N7O2S/c1-2-5-24-13-20-11(16)10(15)12(21-13)19-8-3-4-9(6-8)23-14(17,18)7-22/h8-9,22H,2-7,15,17-18H2,1H3,(H3,16,19,20,21). The Kier molecular flexibility index (Phi) is 6.47. The Hall–Kier alpha value is -1.33. The van der Waals surface area contributed by atoms with Gasteiger partial charge < -0.3 is 26.6 Å². The molecule has 1 fully saturated rings. The molecule has 0 saturated heterocycles. The van der Waals surface area contributed by atoms with E-state index in [1.165, 1.54) is 0 Å². The van der Waals surface area contributed by atoms with Gasteiger partial charge in [-0.1, -0.05) is 18.7 Å². The van der Waals surface area contributed by atoms with Crippen LogP contribution in [0.2, 0.25) is 0 Å². The van der Waals surface area contributed by atoms with Crippen LogP contribution in [0, 0.1) is 0 Å². The lowest BCUT2D eigenvalue weighted by molar-refractivity contribution is -0.110. The molecule has 9 nitrogen and oxygen atoms in total. The minimum Gasteiger partial charge on any atom is -0.393 e. The summed E-state index contributed by atoms with van der Waals surface area (Å²) in [6, 6.07) is 0.116. The smallest absolute Gasteiger partial charge is 0.193 e. The van der Waals surface area contributed by atoms with Crippen molar-refractivity contribution in [3.05, 3.63) is 0 Å². The largest absolute Gasteiger partial charge is 0.393 e. The van der Waals surface area contributed by atoms with Crippen LogP contribution in [0.25, 0.3) is 0 Å². The summed E-state index contributed by atoms with van der Waals surface area (Å²) in [5.41, 5.74) is 23.5. The molecule has 1 aromatic rings. The predicted octanol–water partition coefficient (Wildman–Crippen LogP) is 0.0562. The molecule has 0 amide bonds. The first kappa shape index (κ1) is 19.0. The van der Waals surface area contributed by atoms with Crippen LogP contribution in [0.1, 0.15) is 32.6 Å². The second-order valence-corrected chi connectivity index (χ2v) is 7.07. The van der Waals surface area contributed by atoms with Crippen molar-refractivity contribution in [1.82, 2.24) is 9.97 Å². The molecular formula is C14H27N7O2S. The molecule has 24 heavy (non-hydrogen) atoms. The van der Waals surface area contributed by atoms with Gasteiger partial charge in [-0.3, -0.25) is 11.5 Å². The topological polar surface area (TPSA) is 171 Å². The van der Waals surface area contributed by atoms with E-state index in [1.807, 2.05) is 0 Å². The van der Waals surface area contributed by atoms with E-state index in [0.717, 1.165) is 25.0 Å². The number of hydrogen-bond donors (Lipinski definition) is 6. The van der Waals surface area contributed by atoms with Crippen molar-refractivity contribution in [3.8, 4) is 0 Å². The summed E-state index contributed by atoms with van der Waals surface area (Å²) < 4.78 is 5.52. The first-order valence-corrected chi connectivity index (χ1v) is 9.02. The summed E-state index contributed by atoms with van der Waals surface area (Å²) in [5.74, 6) is 0.223. The van der Waals surface area contributed by atoms with Crippen molar-refractivity contribution < 1.29 is 9.84 Å². The molecule has 2 atom stereocenters. The highest BCUT2D eigenvalue weighted by Crippen LogP contribution is 2.30. The summed E-state index contributed by atoms with van der Waals surface area (Å²) in [4.78, 5) is 8.65. The Morgan fingerprint density at radius 3 is 2.75 bits per heavy atom. The third kappa shape index (κ3) is 5.08. The molecule has 0 bridgehead atoms. The quantitative estimate of drug-likeness (QED) is 0.212. The summed E-state index contributed by atoms with van der Waals surface area (Å²) in [7, 11) is 0. The molecular weight excluding hydrogens is 330 g/mol. The zero-order valence-corrected chi connectivity index (χ0v) is 14.7. The summed E-state index contributed by atoms with van der Waals surface area (Å²) in [5, 5.41) is 13.0. The van der Waals surface area contributed by atoms with Gasteiger partial charge in [0.25, 0.3) is 0 Å². The second-order valence-electron chi connectivity index (χ2n) is 6.01. The maximum Gasteiger partial charge on any atom is 0.193 e. The van der Waals surface area contributed by atoms with Gasteiger partial charge in [0.1, 0.15) is 5.69 Å². The zero-order valence-electron chi connectivity index (χ0n) is 13.9. The molecule has 2 unspecified atom stereocenters. The van der Waals surface area contributed by atoms with Crippen molar-refractivity contribution >= 4 is 29.1 Å². The molecule has 1 aliphatic carbocycles. The van der Waals surface area contributed by atoms with E-state index in [2.05, 4.69) is 22.2 Å². The number of nitrogens with two attached hydrogens (primary N) is 4. The first-order chi connectivity index (χ1) is 11.3. The highest BCUT2D eigenvalue weighted by atomic mass is 32.2. The third-order valence-electron chi connectivity index (χ3n) is 3.75. The molecule has 1 saturated carbocycles. The highest BCUT2D eigenvalue weighted by molar-refractivity contribution is 7.99. The number of nitrogens with one attached hydrogen (secondary N) is 1. The monoisotopic (exact) mass is 357 g/mol. The van der Waals surface area contributed by atoms with E-state index >= 15 is 0 Å². The Morgan fingerprint density at radius 2 is 2.08 bits per heavy atom. The number of ether oxygens (including phenoxy) is 1. The van der Waals surface area contributed by atoms with E-state index in [-0.39, 0.29) is 18.0 Å². The molecule has 0 aliphatic heterocycles. The number of aliphatic hydroxyl groups is 1. The van der Waals surface area contributed by atoms with Gasteiger partial charge in [0.05, 0.1) is 12.7 Å². The number of rotatable bonds is 8. The normalized spacial score (nSPS) is 21.2. The van der Waals surface area contributed by atoms with E-state index in [0.29, 0.717) is 23.1 Å². The Bertz CT molecular complexity index is 558. The number of aliphatic hydroxyl groups excluding tert-OH is 1. The van der Waals surface area contributed by atoms with Gasteiger partial charge in [0.15, 0.2) is 22.6 Å². The fourth-order valence-corrected chi connectivity index (χ4v) is 3.26. The molecule has 1 aliphatic rings. The molecule has 10 N–H and O–H groups in total. The number of nitrogen functional groups attached to an aromatic ring is 2. The fraction of sp³-hybridized carbons (Fsp3) is 0.714. The van der Waals surface area contributed by atoms with Gasteiger partial charge >= 0.3 is 0 Å². The average molecular weight is 357 g/mol. The molecule has 0 spiro atoms. The van der Waals surface area contributed by atoms with Crippen molar-refractivity contribution in [2.75, 3.05) is 29.1 Å². The lowest BCUT2D eigenvalue weighted by atomic mass is 10.2. The summed E-state index contributed by atoms with van der Waals surface area (Å²) in [6.45, 7) is 1.65. The van der Waals surface area contributed by atoms with Gasteiger partial charge in [0, 0.05) is 11.8 Å². The average Bonchev–Trinajstić information content (AvgIpc) is 2.96. The minimum absolute atomic E-state index is 0.116. The summed E-state index contributed by atoms with van der Waals surface area (Å²) >= 11 is 1.54. The highest BCUT2D eigenvalue weighted by Gasteiger charge is 2.31. The van der Waals surface area contributed by atoms with Crippen LogP contribution in [0.3, 0.4) is 0 Å². The number of anilines is 3. The van der Waals surface area contributed by atoms with Gasteiger partial charge in [-0.15, -0.1) is 0 Å². The molecule has 10 heteroatoms. The number of aromatic nitrogens is 2. The lowest BCUT2D eigenvalue weighted by Crippen LogP contribution is -2.56. The Labute approximate surface area is 145 Å². The van der Waals surface area contributed by atoms with Crippen molar-refractivity contribution in [2.24, 2.45) is 11.5 Å². The minimum atomic E-state index is -1.51. The Morgan fingerprint density at radius 1 is 1.33 bits per heavy atom. The predicted molar refractivity (Wildman–Crippen MR) is 96.2 cm³/mol. The van der Waals surface area contributed by atoms with Crippen molar-refractivity contribution in [2.45, 2.75) is 55.8 Å². The van der Waals surface area contributed by atoms with Crippen molar-refractivity contribution in [1.29, 1.82) is 0 Å². The van der Waals surface area contributed by atoms with Crippen LogP contribution in [0.15, 0.2) is 5.16 Å². The Balaban J connectivity index is 2.00. The van der Waals surface area contributed by atoms with E-state index in [1.54, 1.807) is 11.8 Å². The molecule has 0 aromatic carbocycles. The third-order valence-corrected chi connectivity index (χ3v) is 4.80. The number of nitrogens with zero attached hydrogens (tertiary/aromatic N) is 2. The van der Waals surface area contributed by atoms with E-state index in [4.69, 9.17) is 32.8 Å². The maximum atomic E-state index is 9.08. The van der Waals surface area contributed by atoms with E-state index in [9.17, 15) is 0 Å². The second kappa shape index (κ2) is 8.17. The molecule has 1 aromatic heterocycles. The van der Waals surface area contributed by atoms with Gasteiger partial charge in [-0.25, -0.2) is 9.97 Å². The van der Waals surface area contributed by atoms with Gasteiger partial charge in [0.2, 0.25) is 0 Å². The van der Waals surface area contributed by atoms with Crippen LogP contribution in [-0.2, 0) is 4.74 Å². The fourth-order valence-electron chi connectivity index (χ4n) is 2.55. The maximum absolute atomic E-state index is 9.08. The van der Waals surface area contributed by atoms with Crippen LogP contribution >= 0.6 is 11.8 Å². The van der Waals surface area contributed by atoms with Crippen LogP contribution in [0.4, 0.5) is 17.3 Å². The number of hydrogen-bond acceptors (Lipinski definition) is 10. The van der Waals surface area contributed by atoms with Crippen LogP contribution < -0.4 is 28.3 Å². The van der Waals surface area contributed by atoms with Crippen LogP contribution in [-0.4, -0.2) is 45.4 Å². The van der Waals surface area contributed by atoms with Gasteiger partial charge in [-0.05, 0) is 25.7 Å². The first-order valence-electron chi connectivity index (χ1n) is 8.03. The molecule has 0 radical (unpaired) electrons. The SMILES string of the molecule is CCCSc1nc(N)c(N)c(NC2CCC(OC(N)(N)CO)C2)n1. The molecule has 1 heterocycles. The van der Waals surface area contributed by atoms with Gasteiger partial charge in [-0.2, -0.15) is 0 Å². The van der Waals surface area contributed by atoms with E-state index < -0.39 is 12.5 Å². The molecule has 136 valence electrons. The zero-order chi connectivity index (χ0) is 17.7. The summed E-state index contributed by atoms with van der Waals surface area (Å²) in [6.07, 6.45) is 3.22.